The molecule has 5 nitrogen and oxygen atoms in total. The molecule has 36 heavy (non-hydrogen) atoms. The van der Waals surface area contributed by atoms with E-state index in [0.717, 1.165) is 47.7 Å². The molecule has 0 bridgehead atoms. The van der Waals surface area contributed by atoms with Crippen LogP contribution < -0.4 is 21.0 Å². The number of nitrogens with zero attached hydrogens (tertiary/aromatic N) is 1. The SMILES string of the molecule is CC(C)=c1cc(C)cc/c1=c1\cc(CCc2ccc(OCCCCP(O)O)cc2C)cn\c1=C(\C)N. The van der Waals surface area contributed by atoms with Gasteiger partial charge in [0.25, 0.3) is 0 Å². The van der Waals surface area contributed by atoms with Crippen molar-refractivity contribution >= 4 is 19.6 Å². The third-order valence-electron chi connectivity index (χ3n) is 6.34. The van der Waals surface area contributed by atoms with Gasteiger partial charge in [0.15, 0.2) is 8.38 Å². The molecule has 0 saturated heterocycles. The minimum Gasteiger partial charge on any atom is -0.494 e. The predicted octanol–water partition coefficient (Wildman–Crippen LogP) is 4.50. The van der Waals surface area contributed by atoms with Crippen molar-refractivity contribution in [1.29, 1.82) is 0 Å². The number of hydrogen-bond acceptors (Lipinski definition) is 5. The standard InChI is InChI=1S/C30H39N2O3P/c1-20(2)28-16-21(3)8-13-27(28)29-18-24(19-32-30(29)23(5)31)9-10-25-11-12-26(17-22(25)4)35-14-6-7-15-36(33)34/h8,11-13,16-19,33-34H,6-7,9-10,14-15,31H2,1-5H3/b29-27-,30-23-. The minimum absolute atomic E-state index is 0.443. The van der Waals surface area contributed by atoms with E-state index in [-0.39, 0.29) is 0 Å². The number of nitrogens with two attached hydrogens (primary N) is 1. The van der Waals surface area contributed by atoms with Gasteiger partial charge >= 0.3 is 0 Å². The zero-order chi connectivity index (χ0) is 26.2. The van der Waals surface area contributed by atoms with Gasteiger partial charge in [-0.2, -0.15) is 0 Å². The second-order valence-corrected chi connectivity index (χ2v) is 10.9. The first-order chi connectivity index (χ1) is 17.2. The van der Waals surface area contributed by atoms with E-state index in [0.29, 0.717) is 12.8 Å². The summed E-state index contributed by atoms with van der Waals surface area (Å²) < 4.78 is 5.84. The Bertz CT molecular complexity index is 1410. The van der Waals surface area contributed by atoms with Gasteiger partial charge in [-0.25, -0.2) is 0 Å². The zero-order valence-corrected chi connectivity index (χ0v) is 23.0. The number of aromatic nitrogens is 1. The molecule has 3 aromatic rings. The maximum Gasteiger partial charge on any atom is 0.164 e. The fraction of sp³-hybridized carbons (Fsp3) is 0.367. The van der Waals surface area contributed by atoms with Gasteiger partial charge in [-0.3, -0.25) is 4.98 Å². The fourth-order valence-electron chi connectivity index (χ4n) is 4.33. The number of benzene rings is 2. The van der Waals surface area contributed by atoms with E-state index in [1.54, 1.807) is 0 Å². The molecule has 2 aromatic carbocycles. The van der Waals surface area contributed by atoms with E-state index in [1.165, 1.54) is 38.3 Å². The molecule has 4 N–H and O–H groups in total. The highest BCUT2D eigenvalue weighted by atomic mass is 31.2. The first kappa shape index (κ1) is 27.9. The molecule has 1 aromatic heterocycles. The Labute approximate surface area is 215 Å². The van der Waals surface area contributed by atoms with Crippen LogP contribution in [0.15, 0.2) is 48.7 Å². The predicted molar refractivity (Wildman–Crippen MR) is 150 cm³/mol. The highest BCUT2D eigenvalue weighted by Crippen LogP contribution is 2.24. The molecule has 0 amide bonds. The summed E-state index contributed by atoms with van der Waals surface area (Å²) in [5.41, 5.74) is 13.1. The van der Waals surface area contributed by atoms with Crippen LogP contribution in [0.3, 0.4) is 0 Å². The lowest BCUT2D eigenvalue weighted by Gasteiger charge is -2.11. The molecule has 3 rings (SSSR count). The van der Waals surface area contributed by atoms with Crippen molar-refractivity contribution in [2.75, 3.05) is 12.8 Å². The number of aryl methyl sites for hydroxylation is 4. The van der Waals surface area contributed by atoms with Gasteiger partial charge in [0.05, 0.1) is 12.0 Å². The second-order valence-electron chi connectivity index (χ2n) is 9.71. The van der Waals surface area contributed by atoms with Crippen LogP contribution >= 0.6 is 8.38 Å². The Hall–Kier alpha value is -2.72. The van der Waals surface area contributed by atoms with Gasteiger partial charge in [-0.05, 0) is 106 Å². The molecule has 0 aliphatic carbocycles. The molecule has 0 spiro atoms. The second kappa shape index (κ2) is 13.0. The van der Waals surface area contributed by atoms with Crippen LogP contribution in [-0.4, -0.2) is 27.5 Å². The number of hydrogen-bond donors (Lipinski definition) is 3. The van der Waals surface area contributed by atoms with Crippen molar-refractivity contribution in [2.24, 2.45) is 5.73 Å². The number of unbranched alkanes of at least 4 members (excludes halogenated alkanes) is 1. The van der Waals surface area contributed by atoms with Crippen LogP contribution in [0.5, 0.6) is 5.75 Å². The Morgan fingerprint density at radius 2 is 1.72 bits per heavy atom. The quantitative estimate of drug-likeness (QED) is 0.294. The van der Waals surface area contributed by atoms with Gasteiger partial charge in [0.2, 0.25) is 0 Å². The molecule has 0 aliphatic heterocycles. The molecule has 192 valence electrons. The number of rotatable bonds is 9. The van der Waals surface area contributed by atoms with Crippen LogP contribution in [0.4, 0.5) is 0 Å². The van der Waals surface area contributed by atoms with Crippen molar-refractivity contribution in [3.8, 4) is 5.75 Å². The van der Waals surface area contributed by atoms with Crippen molar-refractivity contribution in [1.82, 2.24) is 4.98 Å². The molecule has 0 atom stereocenters. The van der Waals surface area contributed by atoms with Gasteiger partial charge in [-0.15, -0.1) is 0 Å². The molecule has 0 aliphatic rings. The lowest BCUT2D eigenvalue weighted by Crippen LogP contribution is -2.20. The van der Waals surface area contributed by atoms with Crippen LogP contribution in [-0.2, 0) is 12.8 Å². The number of pyridine rings is 1. The van der Waals surface area contributed by atoms with E-state index >= 15 is 0 Å². The summed E-state index contributed by atoms with van der Waals surface area (Å²) in [6.45, 7) is 11.0. The smallest absolute Gasteiger partial charge is 0.164 e. The van der Waals surface area contributed by atoms with E-state index in [9.17, 15) is 0 Å². The molecule has 0 saturated carbocycles. The molecular weight excluding hydrogens is 467 g/mol. The third kappa shape index (κ3) is 7.64. The van der Waals surface area contributed by atoms with Crippen molar-refractivity contribution in [2.45, 2.75) is 60.3 Å². The Balaban J connectivity index is 1.84. The minimum atomic E-state index is -1.80. The van der Waals surface area contributed by atoms with Gasteiger partial charge in [0.1, 0.15) is 5.75 Å². The average molecular weight is 507 g/mol. The van der Waals surface area contributed by atoms with Crippen molar-refractivity contribution in [3.63, 3.8) is 0 Å². The number of ether oxygens (including phenoxy) is 1. The Kier molecular flexibility index (Phi) is 10.1. The largest absolute Gasteiger partial charge is 0.494 e. The summed E-state index contributed by atoms with van der Waals surface area (Å²) in [4.78, 5) is 22.7. The summed E-state index contributed by atoms with van der Waals surface area (Å²) in [7, 11) is -1.80. The third-order valence-corrected chi connectivity index (χ3v) is 7.06. The van der Waals surface area contributed by atoms with Gasteiger partial charge in [0, 0.05) is 23.3 Å². The topological polar surface area (TPSA) is 88.6 Å². The normalized spacial score (nSPS) is 13.1. The first-order valence-electron chi connectivity index (χ1n) is 12.5. The molecule has 1 heterocycles. The first-order valence-corrected chi connectivity index (χ1v) is 14.0. The summed E-state index contributed by atoms with van der Waals surface area (Å²) in [6, 6.07) is 15.0. The van der Waals surface area contributed by atoms with E-state index in [4.69, 9.17) is 25.2 Å². The van der Waals surface area contributed by atoms with E-state index in [2.05, 4.69) is 64.1 Å². The summed E-state index contributed by atoms with van der Waals surface area (Å²) >= 11 is 0. The monoisotopic (exact) mass is 506 g/mol. The Morgan fingerprint density at radius 3 is 2.39 bits per heavy atom. The highest BCUT2D eigenvalue weighted by molar-refractivity contribution is 7.45. The van der Waals surface area contributed by atoms with Crippen LogP contribution in [0, 0.1) is 24.3 Å². The summed E-state index contributed by atoms with van der Waals surface area (Å²) in [6.07, 6.45) is 5.75. The van der Waals surface area contributed by atoms with Gasteiger partial charge < -0.3 is 20.3 Å². The van der Waals surface area contributed by atoms with E-state index < -0.39 is 8.38 Å². The lowest BCUT2D eigenvalue weighted by atomic mass is 10.00. The molecule has 0 unspecified atom stereocenters. The molecule has 6 heteroatoms. The maximum absolute atomic E-state index is 8.99. The zero-order valence-electron chi connectivity index (χ0n) is 22.1. The Morgan fingerprint density at radius 1 is 0.944 bits per heavy atom. The lowest BCUT2D eigenvalue weighted by molar-refractivity contribution is 0.308. The molecular formula is C30H39N2O3P. The van der Waals surface area contributed by atoms with Crippen LogP contribution in [0.2, 0.25) is 0 Å². The maximum atomic E-state index is 8.99. The molecule has 0 fully saturated rings. The van der Waals surface area contributed by atoms with Crippen LogP contribution in [0.25, 0.3) is 11.3 Å². The van der Waals surface area contributed by atoms with Gasteiger partial charge in [-0.1, -0.05) is 35.4 Å². The summed E-state index contributed by atoms with van der Waals surface area (Å²) in [5, 5.41) is 4.33. The highest BCUT2D eigenvalue weighted by Gasteiger charge is 2.05. The van der Waals surface area contributed by atoms with Crippen molar-refractivity contribution < 1.29 is 14.5 Å². The summed E-state index contributed by atoms with van der Waals surface area (Å²) in [5.74, 6) is 0.854. The van der Waals surface area contributed by atoms with E-state index in [1.807, 2.05) is 19.2 Å². The fourth-order valence-corrected chi connectivity index (χ4v) is 4.84. The van der Waals surface area contributed by atoms with Crippen LogP contribution in [0.1, 0.15) is 55.9 Å². The molecule has 0 radical (unpaired) electrons. The average Bonchev–Trinajstić information content (AvgIpc) is 2.82. The van der Waals surface area contributed by atoms with Crippen molar-refractivity contribution in [3.05, 3.63) is 91.9 Å².